The van der Waals surface area contributed by atoms with Crippen LogP contribution < -0.4 is 11.1 Å². The monoisotopic (exact) mass is 361 g/mol. The average Bonchev–Trinajstić information content (AvgIpc) is 3.06. The number of carbonyl (C=O) groups is 2. The third kappa shape index (κ3) is 6.54. The number of rotatable bonds is 9. The van der Waals surface area contributed by atoms with Gasteiger partial charge in [-0.2, -0.15) is 0 Å². The number of methoxy groups -OCH3 is 1. The van der Waals surface area contributed by atoms with Crippen LogP contribution in [-0.2, 0) is 14.3 Å². The van der Waals surface area contributed by atoms with E-state index in [0.29, 0.717) is 23.7 Å². The molecule has 7 heteroatoms. The smallest absolute Gasteiger partial charge is 0.305 e. The number of amides is 1. The summed E-state index contributed by atoms with van der Waals surface area (Å²) < 4.78 is 4.59. The molecule has 2 aromatic rings. The van der Waals surface area contributed by atoms with E-state index < -0.39 is 0 Å². The average molecular weight is 361 g/mol. The van der Waals surface area contributed by atoms with Crippen molar-refractivity contribution >= 4 is 34.0 Å². The normalized spacial score (nSPS) is 10.4. The Bertz CT molecular complexity index is 715. The lowest BCUT2D eigenvalue weighted by Gasteiger charge is -2.02. The lowest BCUT2D eigenvalue weighted by molar-refractivity contribution is -0.140. The largest absolute Gasteiger partial charge is 0.469 e. The number of hydrogen-bond donors (Lipinski definition) is 2. The number of nitrogens with one attached hydrogen (secondary N) is 1. The van der Waals surface area contributed by atoms with Gasteiger partial charge < -0.3 is 15.8 Å². The zero-order chi connectivity index (χ0) is 18.1. The van der Waals surface area contributed by atoms with Crippen molar-refractivity contribution in [2.24, 2.45) is 0 Å². The minimum absolute atomic E-state index is 0.0403. The predicted octanol–water partition coefficient (Wildman–Crippen LogP) is 3.84. The van der Waals surface area contributed by atoms with Crippen molar-refractivity contribution in [3.63, 3.8) is 0 Å². The van der Waals surface area contributed by atoms with Gasteiger partial charge in [0.05, 0.1) is 12.8 Å². The van der Waals surface area contributed by atoms with Crippen molar-refractivity contribution in [3.8, 4) is 11.3 Å². The molecule has 0 saturated heterocycles. The van der Waals surface area contributed by atoms with E-state index >= 15 is 0 Å². The summed E-state index contributed by atoms with van der Waals surface area (Å²) in [6.45, 7) is 0. The fraction of sp³-hybridized carbons (Fsp3) is 0.389. The number of thiazole rings is 1. The van der Waals surface area contributed by atoms with Crippen LogP contribution in [0.4, 0.5) is 10.8 Å². The molecule has 6 nitrogen and oxygen atoms in total. The number of carbonyl (C=O) groups excluding carboxylic acids is 2. The fourth-order valence-corrected chi connectivity index (χ4v) is 3.09. The van der Waals surface area contributed by atoms with Crippen LogP contribution in [-0.4, -0.2) is 24.0 Å². The van der Waals surface area contributed by atoms with Crippen LogP contribution >= 0.6 is 11.3 Å². The number of nitrogen functional groups attached to an aromatic ring is 1. The summed E-state index contributed by atoms with van der Waals surface area (Å²) in [7, 11) is 1.39. The SMILES string of the molecule is COC(=O)CCCCCCC(=O)Nc1nc(-c2cccc(N)c2)cs1. The number of nitrogens with zero attached hydrogens (tertiary/aromatic N) is 1. The van der Waals surface area contributed by atoms with Gasteiger partial charge in [0, 0.05) is 29.5 Å². The van der Waals surface area contributed by atoms with Gasteiger partial charge in [-0.25, -0.2) is 4.98 Å². The summed E-state index contributed by atoms with van der Waals surface area (Å²) in [5, 5.41) is 5.32. The number of nitrogens with two attached hydrogens (primary N) is 1. The minimum Gasteiger partial charge on any atom is -0.469 e. The summed E-state index contributed by atoms with van der Waals surface area (Å²) in [6, 6.07) is 7.49. The first kappa shape index (κ1) is 18.9. The van der Waals surface area contributed by atoms with Crippen molar-refractivity contribution < 1.29 is 14.3 Å². The number of unbranched alkanes of at least 4 members (excludes halogenated alkanes) is 3. The maximum atomic E-state index is 12.0. The molecule has 0 radical (unpaired) electrons. The van der Waals surface area contributed by atoms with Crippen LogP contribution in [0.2, 0.25) is 0 Å². The van der Waals surface area contributed by atoms with E-state index in [9.17, 15) is 9.59 Å². The van der Waals surface area contributed by atoms with Crippen LogP contribution in [0.3, 0.4) is 0 Å². The molecule has 3 N–H and O–H groups in total. The Labute approximate surface area is 151 Å². The zero-order valence-corrected chi connectivity index (χ0v) is 15.1. The molecule has 0 atom stereocenters. The number of anilines is 2. The van der Waals surface area contributed by atoms with E-state index in [2.05, 4.69) is 15.0 Å². The molecule has 1 aromatic carbocycles. The lowest BCUT2D eigenvalue weighted by Crippen LogP contribution is -2.10. The first-order valence-corrected chi connectivity index (χ1v) is 9.14. The van der Waals surface area contributed by atoms with E-state index in [0.717, 1.165) is 36.9 Å². The Hall–Kier alpha value is -2.41. The maximum absolute atomic E-state index is 12.0. The summed E-state index contributed by atoms with van der Waals surface area (Å²) in [5.74, 6) is -0.223. The van der Waals surface area contributed by atoms with Gasteiger partial charge in [-0.05, 0) is 25.0 Å². The molecule has 0 aliphatic carbocycles. The van der Waals surface area contributed by atoms with E-state index in [1.165, 1.54) is 18.4 Å². The number of benzene rings is 1. The molecule has 0 spiro atoms. The molecule has 1 heterocycles. The Morgan fingerprint density at radius 3 is 2.68 bits per heavy atom. The van der Waals surface area contributed by atoms with Crippen LogP contribution in [0.1, 0.15) is 38.5 Å². The predicted molar refractivity (Wildman–Crippen MR) is 100 cm³/mol. The number of esters is 1. The molecule has 25 heavy (non-hydrogen) atoms. The Morgan fingerprint density at radius 1 is 1.20 bits per heavy atom. The third-order valence-electron chi connectivity index (χ3n) is 3.70. The lowest BCUT2D eigenvalue weighted by atomic mass is 10.1. The first-order chi connectivity index (χ1) is 12.1. The molecular weight excluding hydrogens is 338 g/mol. The highest BCUT2D eigenvalue weighted by Gasteiger charge is 2.08. The Balaban J connectivity index is 1.70. The van der Waals surface area contributed by atoms with E-state index in [-0.39, 0.29) is 11.9 Å². The summed E-state index contributed by atoms with van der Waals surface area (Å²) in [6.07, 6.45) is 4.31. The van der Waals surface area contributed by atoms with E-state index in [4.69, 9.17) is 5.73 Å². The third-order valence-corrected chi connectivity index (χ3v) is 4.45. The van der Waals surface area contributed by atoms with E-state index in [1.807, 2.05) is 29.6 Å². The van der Waals surface area contributed by atoms with Crippen molar-refractivity contribution in [1.82, 2.24) is 4.98 Å². The van der Waals surface area contributed by atoms with Crippen LogP contribution in [0.5, 0.6) is 0 Å². The second-order valence-corrected chi connectivity index (χ2v) is 6.56. The standard InChI is InChI=1S/C18H23N3O3S/c1-24-17(23)10-5-3-2-4-9-16(22)21-18-20-15(12-25-18)13-7-6-8-14(19)11-13/h6-8,11-12H,2-5,9-10,19H2,1H3,(H,20,21,22). The topological polar surface area (TPSA) is 94.3 Å². The molecule has 2 rings (SSSR count). The van der Waals surface area contributed by atoms with Crippen molar-refractivity contribution in [2.45, 2.75) is 38.5 Å². The highest BCUT2D eigenvalue weighted by molar-refractivity contribution is 7.14. The molecular formula is C18H23N3O3S. The molecule has 1 aromatic heterocycles. The minimum atomic E-state index is -0.183. The molecule has 0 fully saturated rings. The molecule has 1 amide bonds. The highest BCUT2D eigenvalue weighted by Crippen LogP contribution is 2.26. The van der Waals surface area contributed by atoms with Crippen LogP contribution in [0, 0.1) is 0 Å². The van der Waals surface area contributed by atoms with Gasteiger partial charge >= 0.3 is 5.97 Å². The molecule has 0 aliphatic rings. The fourth-order valence-electron chi connectivity index (χ4n) is 2.35. The molecule has 0 bridgehead atoms. The molecule has 0 aliphatic heterocycles. The first-order valence-electron chi connectivity index (χ1n) is 8.26. The van der Waals surface area contributed by atoms with Gasteiger partial charge in [-0.3, -0.25) is 9.59 Å². The number of ether oxygens (including phenoxy) is 1. The summed E-state index contributed by atoms with van der Waals surface area (Å²) in [4.78, 5) is 27.4. The number of hydrogen-bond acceptors (Lipinski definition) is 6. The van der Waals surface area contributed by atoms with Crippen molar-refractivity contribution in [1.29, 1.82) is 0 Å². The van der Waals surface area contributed by atoms with Crippen LogP contribution in [0.15, 0.2) is 29.6 Å². The molecule has 0 saturated carbocycles. The maximum Gasteiger partial charge on any atom is 0.305 e. The Morgan fingerprint density at radius 2 is 1.96 bits per heavy atom. The highest BCUT2D eigenvalue weighted by atomic mass is 32.1. The Kier molecular flexibility index (Phi) is 7.40. The quantitative estimate of drug-likeness (QED) is 0.402. The van der Waals surface area contributed by atoms with Gasteiger partial charge in [-0.1, -0.05) is 25.0 Å². The van der Waals surface area contributed by atoms with Gasteiger partial charge in [0.2, 0.25) is 5.91 Å². The van der Waals surface area contributed by atoms with Crippen molar-refractivity contribution in [2.75, 3.05) is 18.2 Å². The zero-order valence-electron chi connectivity index (χ0n) is 14.3. The molecule has 0 unspecified atom stereocenters. The van der Waals surface area contributed by atoms with Crippen molar-refractivity contribution in [3.05, 3.63) is 29.6 Å². The van der Waals surface area contributed by atoms with Crippen LogP contribution in [0.25, 0.3) is 11.3 Å². The summed E-state index contributed by atoms with van der Waals surface area (Å²) in [5.41, 5.74) is 8.20. The number of aromatic nitrogens is 1. The van der Waals surface area contributed by atoms with Gasteiger partial charge in [0.15, 0.2) is 5.13 Å². The van der Waals surface area contributed by atoms with Gasteiger partial charge in [-0.15, -0.1) is 11.3 Å². The summed E-state index contributed by atoms with van der Waals surface area (Å²) >= 11 is 1.40. The van der Waals surface area contributed by atoms with E-state index in [1.54, 1.807) is 0 Å². The second-order valence-electron chi connectivity index (χ2n) is 5.70. The van der Waals surface area contributed by atoms with Gasteiger partial charge in [0.1, 0.15) is 0 Å². The molecule has 134 valence electrons. The second kappa shape index (κ2) is 9.78. The van der Waals surface area contributed by atoms with Gasteiger partial charge in [0.25, 0.3) is 0 Å².